The Labute approximate surface area is 383 Å². The van der Waals surface area contributed by atoms with Crippen LogP contribution in [0.5, 0.6) is 11.5 Å². The van der Waals surface area contributed by atoms with Crippen molar-refractivity contribution in [3.8, 4) is 11.5 Å². The summed E-state index contributed by atoms with van der Waals surface area (Å²) in [5.74, 6) is 1.58. The van der Waals surface area contributed by atoms with Crippen LogP contribution in [-0.2, 0) is 50.1 Å². The minimum absolute atomic E-state index is 0.0186. The Morgan fingerprint density at radius 1 is 0.349 bits per heavy atom. The molecule has 2 aromatic carbocycles. The number of methoxy groups -OCH3 is 2. The molecule has 10 nitrogen and oxygen atoms in total. The molecule has 0 aromatic heterocycles. The second-order valence-electron chi connectivity index (χ2n) is 23.0. The fourth-order valence-corrected chi connectivity index (χ4v) is 9.15. The highest BCUT2D eigenvalue weighted by Gasteiger charge is 2.61. The van der Waals surface area contributed by atoms with Gasteiger partial charge in [-0.2, -0.15) is 0 Å². The van der Waals surface area contributed by atoms with Gasteiger partial charge >= 0.3 is 28.5 Å². The Bertz CT molecular complexity index is 1630. The molecule has 0 unspecified atom stereocenters. The first kappa shape index (κ1) is 50.4. The van der Waals surface area contributed by atoms with Crippen molar-refractivity contribution in [1.29, 1.82) is 0 Å². The van der Waals surface area contributed by atoms with E-state index in [1.807, 2.05) is 24.3 Å². The van der Waals surface area contributed by atoms with E-state index in [0.29, 0.717) is 6.42 Å². The summed E-state index contributed by atoms with van der Waals surface area (Å²) in [4.78, 5) is 0. The molecular weight excluding hydrogens is 792 g/mol. The van der Waals surface area contributed by atoms with Crippen LogP contribution in [0.2, 0.25) is 23.3 Å². The molecular formula is C49H80B4O10. The number of rotatable bonds is 18. The van der Waals surface area contributed by atoms with Gasteiger partial charge in [0.2, 0.25) is 0 Å². The quantitative estimate of drug-likeness (QED) is 0.135. The average Bonchev–Trinajstić information content (AvgIpc) is 3.73. The van der Waals surface area contributed by atoms with Crippen molar-refractivity contribution >= 4 is 28.5 Å². The summed E-state index contributed by atoms with van der Waals surface area (Å²) in [7, 11) is 1.59. The largest absolute Gasteiger partial charge is 0.497 e. The number of hydrogen-bond acceptors (Lipinski definition) is 10. The monoisotopic (exact) mass is 873 g/mol. The van der Waals surface area contributed by atoms with Gasteiger partial charge in [0.05, 0.1) is 59.0 Å². The summed E-state index contributed by atoms with van der Waals surface area (Å²) < 4.78 is 66.7. The van der Waals surface area contributed by atoms with Gasteiger partial charge < -0.3 is 46.7 Å². The number of benzene rings is 2. The van der Waals surface area contributed by atoms with Gasteiger partial charge in [-0.1, -0.05) is 43.5 Å². The summed E-state index contributed by atoms with van der Waals surface area (Å²) in [6.07, 6.45) is 5.59. The number of ether oxygens (including phenoxy) is 2. The topological polar surface area (TPSA) is 92.3 Å². The molecule has 4 fully saturated rings. The van der Waals surface area contributed by atoms with Crippen LogP contribution in [0.25, 0.3) is 0 Å². The molecule has 4 aliphatic heterocycles. The van der Waals surface area contributed by atoms with Gasteiger partial charge in [-0.15, -0.1) is 0 Å². The summed E-state index contributed by atoms with van der Waals surface area (Å²) >= 11 is 0. The van der Waals surface area contributed by atoms with Gasteiger partial charge in [-0.3, -0.25) is 0 Å². The van der Waals surface area contributed by atoms with Crippen LogP contribution < -0.4 is 9.47 Å². The third kappa shape index (κ3) is 10.9. The van der Waals surface area contributed by atoms with Crippen molar-refractivity contribution in [1.82, 2.24) is 0 Å². The fourth-order valence-electron chi connectivity index (χ4n) is 9.15. The molecule has 348 valence electrons. The molecule has 0 radical (unpaired) electrons. The van der Waals surface area contributed by atoms with Crippen LogP contribution in [0, 0.1) is 0 Å². The van der Waals surface area contributed by atoms with Gasteiger partial charge in [0.1, 0.15) is 11.5 Å². The third-order valence-corrected chi connectivity index (χ3v) is 16.4. The minimum atomic E-state index is -0.526. The van der Waals surface area contributed by atoms with E-state index in [1.165, 1.54) is 11.1 Å². The minimum Gasteiger partial charge on any atom is -0.497 e. The van der Waals surface area contributed by atoms with E-state index in [2.05, 4.69) is 135 Å². The SMILES string of the molecule is COc1ccc(CC[C@@H](C[C@H](C[C@@H](C[C@H](CCc2ccc(OC)cc2)B2OC(C)(C)C(C)(C)O2)B2OC(C)(C)C(C)(C)O2)B2OC(C)(C)C(C)(C)O2)B2OC(C)(C)C(C)(C)O2)cc1. The number of aryl methyl sites for hydroxylation is 2. The normalized spacial score (nSPS) is 25.6. The first-order valence-electron chi connectivity index (χ1n) is 23.7. The first-order chi connectivity index (χ1) is 29.0. The highest BCUT2D eigenvalue weighted by atomic mass is 16.7. The Hall–Kier alpha value is -2.02. The van der Waals surface area contributed by atoms with Crippen molar-refractivity contribution in [2.45, 2.75) is 224 Å². The first-order valence-corrected chi connectivity index (χ1v) is 23.7. The summed E-state index contributed by atoms with van der Waals surface area (Å²) in [6.45, 7) is 34.2. The van der Waals surface area contributed by atoms with Crippen LogP contribution in [0.15, 0.2) is 48.5 Å². The maximum Gasteiger partial charge on any atom is 0.461 e. The molecule has 4 saturated heterocycles. The van der Waals surface area contributed by atoms with Crippen LogP contribution >= 0.6 is 0 Å². The zero-order chi connectivity index (χ0) is 46.6. The molecule has 0 bridgehead atoms. The van der Waals surface area contributed by atoms with Gasteiger partial charge in [-0.25, -0.2) is 0 Å². The molecule has 63 heavy (non-hydrogen) atoms. The van der Waals surface area contributed by atoms with E-state index in [4.69, 9.17) is 46.7 Å². The van der Waals surface area contributed by atoms with E-state index >= 15 is 0 Å². The fraction of sp³-hybridized carbons (Fsp3) is 0.755. The summed E-state index contributed by atoms with van der Waals surface area (Å²) in [5.41, 5.74) is -1.57. The molecule has 0 aliphatic carbocycles. The molecule has 4 atom stereocenters. The second-order valence-corrected chi connectivity index (χ2v) is 23.0. The maximum absolute atomic E-state index is 7.03. The second kappa shape index (κ2) is 18.2. The summed E-state index contributed by atoms with van der Waals surface area (Å²) in [5, 5.41) is 0. The van der Waals surface area contributed by atoms with Crippen molar-refractivity contribution in [2.75, 3.05) is 14.2 Å². The third-order valence-electron chi connectivity index (χ3n) is 16.4. The van der Waals surface area contributed by atoms with E-state index in [-0.39, 0.29) is 23.3 Å². The predicted molar refractivity (Wildman–Crippen MR) is 256 cm³/mol. The molecule has 0 spiro atoms. The molecule has 4 aliphatic rings. The lowest BCUT2D eigenvalue weighted by Gasteiger charge is -2.32. The molecule has 14 heteroatoms. The van der Waals surface area contributed by atoms with Crippen molar-refractivity contribution in [3.05, 3.63) is 59.7 Å². The van der Waals surface area contributed by atoms with Crippen LogP contribution in [0.1, 0.15) is 154 Å². The summed E-state index contributed by atoms with van der Waals surface area (Å²) in [6, 6.07) is 16.8. The lowest BCUT2D eigenvalue weighted by atomic mass is 9.51. The van der Waals surface area contributed by atoms with E-state index < -0.39 is 73.3 Å². The van der Waals surface area contributed by atoms with E-state index in [9.17, 15) is 0 Å². The van der Waals surface area contributed by atoms with Crippen LogP contribution in [0.4, 0.5) is 0 Å². The van der Waals surface area contributed by atoms with Gasteiger partial charge in [-0.05, 0) is 195 Å². The zero-order valence-electron chi connectivity index (χ0n) is 42.3. The highest BCUT2D eigenvalue weighted by Crippen LogP contribution is 2.53. The lowest BCUT2D eigenvalue weighted by Crippen LogP contribution is -2.41. The molecule has 4 heterocycles. The van der Waals surface area contributed by atoms with E-state index in [0.717, 1.165) is 50.0 Å². The Kier molecular flexibility index (Phi) is 14.6. The van der Waals surface area contributed by atoms with Gasteiger partial charge in [0.15, 0.2) is 0 Å². The van der Waals surface area contributed by atoms with E-state index in [1.54, 1.807) is 14.2 Å². The molecule has 0 amide bonds. The zero-order valence-corrected chi connectivity index (χ0v) is 42.3. The van der Waals surface area contributed by atoms with Crippen molar-refractivity contribution in [2.24, 2.45) is 0 Å². The standard InChI is InChI=1S/C49H80B4O10/c1-42(2)43(3,4)57-50(56-42)36(25-19-34-21-27-40(54-17)28-22-34)31-38(52-60-46(9,10)47(11,12)61-52)33-39(53-62-48(13,14)49(15,16)63-53)32-37(51-58-44(5,6)45(7,8)59-51)26-20-35-23-29-41(55-18)30-24-35/h21-24,27-30,36-39H,19-20,25-26,31-33H2,1-18H3/t36-,37-,38+,39+/m0/s1. The lowest BCUT2D eigenvalue weighted by molar-refractivity contribution is 0.00578. The average molecular weight is 872 g/mol. The van der Waals surface area contributed by atoms with Crippen molar-refractivity contribution < 1.29 is 46.7 Å². The Morgan fingerprint density at radius 2 is 0.556 bits per heavy atom. The van der Waals surface area contributed by atoms with Crippen molar-refractivity contribution in [3.63, 3.8) is 0 Å². The molecule has 0 saturated carbocycles. The Balaban J connectivity index is 1.39. The van der Waals surface area contributed by atoms with Gasteiger partial charge in [0, 0.05) is 0 Å². The highest BCUT2D eigenvalue weighted by molar-refractivity contribution is 6.51. The molecule has 2 aromatic rings. The Morgan fingerprint density at radius 3 is 0.778 bits per heavy atom. The maximum atomic E-state index is 7.03. The van der Waals surface area contributed by atoms with Crippen LogP contribution in [-0.4, -0.2) is 87.5 Å². The molecule has 6 rings (SSSR count). The predicted octanol–water partition coefficient (Wildman–Crippen LogP) is 11.3. The molecule has 0 N–H and O–H groups in total. The van der Waals surface area contributed by atoms with Gasteiger partial charge in [0.25, 0.3) is 0 Å². The number of hydrogen-bond donors (Lipinski definition) is 0. The van der Waals surface area contributed by atoms with Crippen LogP contribution in [0.3, 0.4) is 0 Å². The smallest absolute Gasteiger partial charge is 0.461 e.